The summed E-state index contributed by atoms with van der Waals surface area (Å²) in [6.07, 6.45) is 15.0. The van der Waals surface area contributed by atoms with Crippen LogP contribution in [0.2, 0.25) is 17.7 Å². The van der Waals surface area contributed by atoms with Crippen LogP contribution in [0.4, 0.5) is 0 Å². The Hall–Kier alpha value is -0.0313. The van der Waals surface area contributed by atoms with Gasteiger partial charge in [0.2, 0.25) is 0 Å². The Kier molecular flexibility index (Phi) is 10.4. The SMILES string of the molecule is CCC[CH2][Sn]([CH2]CCC)([CH2]CCC)[CH2][C@@H]1C[C@]2(COC(C)=O)CC=C[C@H]1C2C(C)(C)O. The van der Waals surface area contributed by atoms with Gasteiger partial charge in [-0.2, -0.15) is 0 Å². The molecule has 2 bridgehead atoms. The molecule has 0 amide bonds. The number of allylic oxidation sites excluding steroid dienone is 2. The first-order valence-electron chi connectivity index (χ1n) is 13.2. The molecule has 1 saturated carbocycles. The fraction of sp³-hybridized carbons (Fsp3) is 0.889. The van der Waals surface area contributed by atoms with E-state index in [-0.39, 0.29) is 17.3 Å². The molecule has 4 atom stereocenters. The first-order chi connectivity index (χ1) is 14.6. The summed E-state index contributed by atoms with van der Waals surface area (Å²) in [4.78, 5) is 11.7. The monoisotopic (exact) mass is 542 g/mol. The Morgan fingerprint density at radius 2 is 1.65 bits per heavy atom. The number of rotatable bonds is 14. The van der Waals surface area contributed by atoms with Gasteiger partial charge in [-0.1, -0.05) is 0 Å². The third-order valence-corrected chi connectivity index (χ3v) is 24.4. The van der Waals surface area contributed by atoms with E-state index in [1.807, 2.05) is 13.8 Å². The zero-order valence-electron chi connectivity index (χ0n) is 21.3. The van der Waals surface area contributed by atoms with Gasteiger partial charge in [0.15, 0.2) is 0 Å². The van der Waals surface area contributed by atoms with Crippen molar-refractivity contribution in [2.75, 3.05) is 6.61 Å². The van der Waals surface area contributed by atoms with Crippen molar-refractivity contribution < 1.29 is 14.6 Å². The quantitative estimate of drug-likeness (QED) is 0.142. The number of hydrogen-bond donors (Lipinski definition) is 1. The van der Waals surface area contributed by atoms with Gasteiger partial charge >= 0.3 is 197 Å². The van der Waals surface area contributed by atoms with E-state index < -0.39 is 24.0 Å². The minimum atomic E-state index is -2.29. The number of carbonyl (C=O) groups is 1. The molecule has 2 aliphatic rings. The van der Waals surface area contributed by atoms with E-state index in [1.54, 1.807) is 13.3 Å². The molecule has 180 valence electrons. The molecule has 0 saturated heterocycles. The molecule has 0 radical (unpaired) electrons. The normalized spacial score (nSPS) is 28.2. The van der Waals surface area contributed by atoms with Crippen molar-refractivity contribution >= 4 is 24.3 Å². The van der Waals surface area contributed by atoms with Crippen LogP contribution in [0.25, 0.3) is 0 Å². The summed E-state index contributed by atoms with van der Waals surface area (Å²) < 4.78 is 11.7. The molecule has 1 unspecified atom stereocenters. The molecule has 0 aromatic heterocycles. The van der Waals surface area contributed by atoms with Crippen molar-refractivity contribution in [3.05, 3.63) is 12.2 Å². The Bertz CT molecular complexity index is 572. The van der Waals surface area contributed by atoms with Crippen LogP contribution in [0.15, 0.2) is 12.2 Å². The number of unbranched alkanes of at least 4 members (excludes halogenated alkanes) is 3. The molecule has 0 heterocycles. The van der Waals surface area contributed by atoms with Crippen molar-refractivity contribution in [3.63, 3.8) is 0 Å². The van der Waals surface area contributed by atoms with E-state index in [0.717, 1.165) is 12.8 Å². The second-order valence-corrected chi connectivity index (χ2v) is 25.5. The number of fused-ring (bicyclic) bond motifs is 2. The maximum atomic E-state index is 11.7. The number of ether oxygens (including phenoxy) is 1. The first-order valence-corrected chi connectivity index (χ1v) is 21.2. The standard InChI is InChI=1S/C15H23O3.3C4H9.Sn/c1-10-8-15(9-18-11(2)16)7-5-6-12(10)13(15)14(3,4)17;3*1-3-4-2;/h5-6,10,12-13,17H,1,7-9H2,2-4H3;3*1,3-4H2,2H3;/t10-,12-,13?,15+;;;;/m1..../s1. The van der Waals surface area contributed by atoms with E-state index in [1.165, 1.54) is 49.9 Å². The topological polar surface area (TPSA) is 46.5 Å². The first kappa shape index (κ1) is 27.2. The number of hydrogen-bond acceptors (Lipinski definition) is 3. The summed E-state index contributed by atoms with van der Waals surface area (Å²) in [6, 6.07) is 0. The molecule has 1 N–H and O–H groups in total. The number of esters is 1. The van der Waals surface area contributed by atoms with Gasteiger partial charge in [-0.3, -0.25) is 0 Å². The van der Waals surface area contributed by atoms with Crippen molar-refractivity contribution in [3.8, 4) is 0 Å². The zero-order chi connectivity index (χ0) is 23.1. The third-order valence-electron chi connectivity index (χ3n) is 8.34. The van der Waals surface area contributed by atoms with E-state index in [0.29, 0.717) is 18.4 Å². The van der Waals surface area contributed by atoms with E-state index in [2.05, 4.69) is 32.9 Å². The number of carbonyl (C=O) groups excluding carboxylic acids is 1. The molecule has 0 aromatic carbocycles. The summed E-state index contributed by atoms with van der Waals surface area (Å²) in [5.41, 5.74) is -0.843. The molecule has 1 fully saturated rings. The molecule has 0 aliphatic heterocycles. The van der Waals surface area contributed by atoms with Crippen LogP contribution >= 0.6 is 0 Å². The third kappa shape index (κ3) is 6.98. The Morgan fingerprint density at radius 3 is 2.10 bits per heavy atom. The zero-order valence-corrected chi connectivity index (χ0v) is 24.2. The van der Waals surface area contributed by atoms with Gasteiger partial charge in [-0.15, -0.1) is 0 Å². The molecule has 0 aromatic rings. The molecule has 2 rings (SSSR count). The summed E-state index contributed by atoms with van der Waals surface area (Å²) in [5.74, 6) is 1.08. The van der Waals surface area contributed by atoms with Gasteiger partial charge in [0.1, 0.15) is 0 Å². The summed E-state index contributed by atoms with van der Waals surface area (Å²) in [5, 5.41) is 11.2. The van der Waals surface area contributed by atoms with Gasteiger partial charge in [-0.05, 0) is 0 Å². The number of aliphatic hydroxyl groups is 1. The van der Waals surface area contributed by atoms with Crippen molar-refractivity contribution in [1.82, 2.24) is 0 Å². The Labute approximate surface area is 196 Å². The van der Waals surface area contributed by atoms with Gasteiger partial charge in [0.05, 0.1) is 0 Å². The van der Waals surface area contributed by atoms with Gasteiger partial charge < -0.3 is 0 Å². The average molecular weight is 541 g/mol. The van der Waals surface area contributed by atoms with E-state index >= 15 is 0 Å². The molecule has 0 spiro atoms. The van der Waals surface area contributed by atoms with Crippen LogP contribution in [0.3, 0.4) is 0 Å². The average Bonchev–Trinajstić information content (AvgIpc) is 2.91. The van der Waals surface area contributed by atoms with Crippen LogP contribution in [0.1, 0.15) is 92.9 Å². The minimum absolute atomic E-state index is 0.0914. The second kappa shape index (κ2) is 11.9. The van der Waals surface area contributed by atoms with E-state index in [4.69, 9.17) is 4.74 Å². The molecule has 4 heteroatoms. The molecule has 31 heavy (non-hydrogen) atoms. The predicted octanol–water partition coefficient (Wildman–Crippen LogP) is 7.37. The second-order valence-electron chi connectivity index (χ2n) is 11.5. The molecule has 2 aliphatic carbocycles. The Balaban J connectivity index is 2.35. The predicted molar refractivity (Wildman–Crippen MR) is 134 cm³/mol. The van der Waals surface area contributed by atoms with Gasteiger partial charge in [0, 0.05) is 0 Å². The maximum absolute atomic E-state index is 11.7. The summed E-state index contributed by atoms with van der Waals surface area (Å²) in [6.45, 7) is 13.0. The van der Waals surface area contributed by atoms with Crippen LogP contribution in [0, 0.1) is 23.2 Å². The fourth-order valence-electron chi connectivity index (χ4n) is 7.18. The summed E-state index contributed by atoms with van der Waals surface area (Å²) >= 11 is -2.29. The molecular weight excluding hydrogens is 491 g/mol. The fourth-order valence-corrected chi connectivity index (χ4v) is 24.9. The van der Waals surface area contributed by atoms with Crippen molar-refractivity contribution in [2.45, 2.75) is 116 Å². The van der Waals surface area contributed by atoms with Crippen LogP contribution in [-0.2, 0) is 9.53 Å². The summed E-state index contributed by atoms with van der Waals surface area (Å²) in [7, 11) is 0. The molecular formula is C27H50O3Sn. The van der Waals surface area contributed by atoms with Crippen LogP contribution in [0.5, 0.6) is 0 Å². The van der Waals surface area contributed by atoms with Crippen molar-refractivity contribution in [1.29, 1.82) is 0 Å². The van der Waals surface area contributed by atoms with Gasteiger partial charge in [0.25, 0.3) is 0 Å². The van der Waals surface area contributed by atoms with E-state index in [9.17, 15) is 9.90 Å². The van der Waals surface area contributed by atoms with Gasteiger partial charge in [-0.25, -0.2) is 0 Å². The van der Waals surface area contributed by atoms with Crippen LogP contribution < -0.4 is 0 Å². The Morgan fingerprint density at radius 1 is 1.10 bits per heavy atom. The molecule has 3 nitrogen and oxygen atoms in total. The van der Waals surface area contributed by atoms with Crippen molar-refractivity contribution in [2.24, 2.45) is 23.2 Å². The van der Waals surface area contributed by atoms with Crippen LogP contribution in [-0.4, -0.2) is 41.7 Å².